The van der Waals surface area contributed by atoms with Crippen LogP contribution in [0, 0.1) is 0 Å². The number of rotatable bonds is 2. The maximum atomic E-state index is 5.92. The Bertz CT molecular complexity index is 1170. The third kappa shape index (κ3) is 4.24. The molecule has 0 radical (unpaired) electrons. The summed E-state index contributed by atoms with van der Waals surface area (Å²) in [6.45, 7) is 7.51. The summed E-state index contributed by atoms with van der Waals surface area (Å²) in [5.41, 5.74) is 10.8. The molecule has 2 heterocycles. The summed E-state index contributed by atoms with van der Waals surface area (Å²) in [7, 11) is 0. The Morgan fingerprint density at radius 1 is 0.833 bits per heavy atom. The van der Waals surface area contributed by atoms with Crippen molar-refractivity contribution in [1.29, 1.82) is 0 Å². The first kappa shape index (κ1) is 20.5. The van der Waals surface area contributed by atoms with Gasteiger partial charge in [0.05, 0.1) is 33.5 Å². The molecule has 30 heavy (non-hydrogen) atoms. The summed E-state index contributed by atoms with van der Waals surface area (Å²) in [5.74, 6) is 0. The predicted octanol–water partition coefficient (Wildman–Crippen LogP) is 7.83. The van der Waals surface area contributed by atoms with E-state index in [-0.39, 0.29) is 0 Å². The van der Waals surface area contributed by atoms with Gasteiger partial charge in [-0.2, -0.15) is 0 Å². The summed E-state index contributed by atoms with van der Waals surface area (Å²) in [4.78, 5) is 4.62. The van der Waals surface area contributed by atoms with Crippen molar-refractivity contribution in [2.24, 2.45) is 0 Å². The predicted molar refractivity (Wildman–Crippen MR) is 133 cm³/mol. The summed E-state index contributed by atoms with van der Waals surface area (Å²) >= 11 is 9.32. The van der Waals surface area contributed by atoms with E-state index in [1.165, 1.54) is 14.7 Å². The molecule has 0 aliphatic carbocycles. The Kier molecular flexibility index (Phi) is 6.13. The van der Waals surface area contributed by atoms with Crippen LogP contribution in [-0.2, 0) is 0 Å². The number of hydrogen-bond acceptors (Lipinski definition) is 5. The van der Waals surface area contributed by atoms with Crippen LogP contribution in [0.25, 0.3) is 0 Å². The summed E-state index contributed by atoms with van der Waals surface area (Å²) in [5, 5.41) is 7.12. The Morgan fingerprint density at radius 2 is 1.43 bits per heavy atom. The molecule has 0 bridgehead atoms. The molecule has 2 aliphatic heterocycles. The second-order valence-electron chi connectivity index (χ2n) is 6.52. The van der Waals surface area contributed by atoms with Crippen molar-refractivity contribution in [2.75, 3.05) is 16.4 Å². The normalized spacial score (nSPS) is 13.4. The van der Waals surface area contributed by atoms with Crippen LogP contribution in [0.15, 0.2) is 116 Å². The number of hydrogen-bond donors (Lipinski definition) is 3. The van der Waals surface area contributed by atoms with E-state index in [2.05, 4.69) is 48.1 Å². The van der Waals surface area contributed by atoms with Gasteiger partial charge < -0.3 is 16.4 Å². The minimum atomic E-state index is 0.506. The number of thioether (sulfide) groups is 1. The number of nitrogen functional groups attached to an aromatic ring is 1. The fraction of sp³-hybridized carbons (Fsp3) is 0. The van der Waals surface area contributed by atoms with E-state index in [9.17, 15) is 0 Å². The molecule has 6 heteroatoms. The molecule has 0 amide bonds. The number of allylic oxidation sites excluding steroid dienone is 2. The van der Waals surface area contributed by atoms with E-state index in [1.54, 1.807) is 29.6 Å². The Labute approximate surface area is 190 Å². The van der Waals surface area contributed by atoms with Crippen molar-refractivity contribution in [3.63, 3.8) is 0 Å². The fourth-order valence-electron chi connectivity index (χ4n) is 3.05. The largest absolute Gasteiger partial charge is 0.397 e. The number of nitrogens with one attached hydrogen (secondary N) is 2. The topological polar surface area (TPSA) is 50.1 Å². The van der Waals surface area contributed by atoms with Crippen LogP contribution >= 0.6 is 35.1 Å². The lowest BCUT2D eigenvalue weighted by Gasteiger charge is -2.21. The highest BCUT2D eigenvalue weighted by atomic mass is 35.5. The van der Waals surface area contributed by atoms with Gasteiger partial charge in [-0.05, 0) is 36.4 Å². The molecule has 150 valence electrons. The molecule has 2 aliphatic rings. The maximum Gasteiger partial charge on any atom is 0.0759 e. The van der Waals surface area contributed by atoms with E-state index in [0.29, 0.717) is 5.03 Å². The molecule has 0 unspecified atom stereocenters. The molecule has 0 fully saturated rings. The van der Waals surface area contributed by atoms with Gasteiger partial charge in [0.25, 0.3) is 0 Å². The van der Waals surface area contributed by atoms with Crippen molar-refractivity contribution in [1.82, 2.24) is 0 Å². The zero-order valence-corrected chi connectivity index (χ0v) is 18.5. The summed E-state index contributed by atoms with van der Waals surface area (Å²) in [6, 6.07) is 22.3. The van der Waals surface area contributed by atoms with Gasteiger partial charge in [0, 0.05) is 19.6 Å². The van der Waals surface area contributed by atoms with Gasteiger partial charge in [-0.3, -0.25) is 0 Å². The minimum absolute atomic E-state index is 0.506. The maximum absolute atomic E-state index is 5.92. The molecule has 0 saturated heterocycles. The van der Waals surface area contributed by atoms with Gasteiger partial charge in [0.15, 0.2) is 0 Å². The van der Waals surface area contributed by atoms with Crippen LogP contribution in [-0.4, -0.2) is 0 Å². The zero-order chi connectivity index (χ0) is 21.1. The van der Waals surface area contributed by atoms with Crippen molar-refractivity contribution in [3.8, 4) is 0 Å². The summed E-state index contributed by atoms with van der Waals surface area (Å²) in [6.07, 6.45) is 1.79. The van der Waals surface area contributed by atoms with Crippen LogP contribution in [0.2, 0.25) is 0 Å². The van der Waals surface area contributed by atoms with Crippen molar-refractivity contribution in [3.05, 3.63) is 102 Å². The Hall–Kier alpha value is -2.73. The van der Waals surface area contributed by atoms with Gasteiger partial charge in [-0.1, -0.05) is 84.7 Å². The van der Waals surface area contributed by atoms with E-state index in [0.717, 1.165) is 33.4 Å². The molecule has 0 aromatic heterocycles. The third-order valence-corrected chi connectivity index (χ3v) is 6.99. The molecule has 3 nitrogen and oxygen atoms in total. The number of anilines is 4. The fourth-order valence-corrected chi connectivity index (χ4v) is 5.26. The van der Waals surface area contributed by atoms with E-state index in [4.69, 9.17) is 17.3 Å². The first-order valence-corrected chi connectivity index (χ1v) is 11.3. The quantitative estimate of drug-likeness (QED) is 0.272. The number of fused-ring (bicyclic) bond motifs is 3. The van der Waals surface area contributed by atoms with E-state index in [1.807, 2.05) is 42.5 Å². The van der Waals surface area contributed by atoms with Crippen LogP contribution in [0.1, 0.15) is 0 Å². The first-order valence-electron chi connectivity index (χ1n) is 9.24. The van der Waals surface area contributed by atoms with Gasteiger partial charge in [0.2, 0.25) is 0 Å². The highest BCUT2D eigenvalue weighted by Crippen LogP contribution is 2.46. The highest BCUT2D eigenvalue weighted by molar-refractivity contribution is 8.03. The monoisotopic (exact) mass is 449 g/mol. The molecule has 0 spiro atoms. The third-order valence-electron chi connectivity index (χ3n) is 4.49. The van der Waals surface area contributed by atoms with Crippen LogP contribution < -0.4 is 16.4 Å². The Morgan fingerprint density at radius 3 is 2.10 bits per heavy atom. The lowest BCUT2D eigenvalue weighted by Crippen LogP contribution is -2.06. The number of para-hydroxylation sites is 3. The average Bonchev–Trinajstić information content (AvgIpc) is 2.77. The lowest BCUT2D eigenvalue weighted by molar-refractivity contribution is 1.32. The van der Waals surface area contributed by atoms with Gasteiger partial charge in [0.1, 0.15) is 0 Å². The molecular formula is C24H20ClN3S2. The summed E-state index contributed by atoms with van der Waals surface area (Å²) < 4.78 is 0. The number of nitrogens with two attached hydrogens (primary N) is 1. The molecular weight excluding hydrogens is 430 g/mol. The second-order valence-corrected chi connectivity index (χ2v) is 9.14. The Balaban J connectivity index is 0.000000145. The second kappa shape index (κ2) is 8.96. The molecule has 4 N–H and O–H groups in total. The average molecular weight is 450 g/mol. The zero-order valence-electron chi connectivity index (χ0n) is 16.1. The SMILES string of the molecule is C=CC1=C(C(=C)Cl)Nc2ccccc2S1.Nc1cccc2c1Nc1ccccc1S2. The minimum Gasteiger partial charge on any atom is -0.397 e. The standard InChI is InChI=1S/C12H10ClNS.C12H10N2S/c1-3-10-12(8(2)13)14-9-6-4-5-7-11(9)15-10;13-8-4-3-7-11-12(8)14-9-5-1-2-6-10(9)15-11/h3-7,14H,1-2H2;1-7,14H,13H2. The lowest BCUT2D eigenvalue weighted by atomic mass is 10.2. The van der Waals surface area contributed by atoms with Crippen LogP contribution in [0.4, 0.5) is 22.7 Å². The molecule has 0 atom stereocenters. The number of halogens is 1. The van der Waals surface area contributed by atoms with Gasteiger partial charge in [-0.25, -0.2) is 0 Å². The van der Waals surface area contributed by atoms with Gasteiger partial charge >= 0.3 is 0 Å². The van der Waals surface area contributed by atoms with E-state index >= 15 is 0 Å². The molecule has 3 aromatic carbocycles. The van der Waals surface area contributed by atoms with E-state index < -0.39 is 0 Å². The van der Waals surface area contributed by atoms with Gasteiger partial charge in [-0.15, -0.1) is 0 Å². The van der Waals surface area contributed by atoms with Crippen LogP contribution in [0.5, 0.6) is 0 Å². The first-order chi connectivity index (χ1) is 14.6. The molecule has 0 saturated carbocycles. The molecule has 5 rings (SSSR count). The number of benzene rings is 3. The molecule has 3 aromatic rings. The van der Waals surface area contributed by atoms with Crippen molar-refractivity contribution in [2.45, 2.75) is 14.7 Å². The smallest absolute Gasteiger partial charge is 0.0759 e. The van der Waals surface area contributed by atoms with Crippen LogP contribution in [0.3, 0.4) is 0 Å². The van der Waals surface area contributed by atoms with Crippen molar-refractivity contribution < 1.29 is 0 Å². The van der Waals surface area contributed by atoms with Crippen molar-refractivity contribution >= 4 is 57.9 Å². The highest BCUT2D eigenvalue weighted by Gasteiger charge is 2.17.